The Balaban J connectivity index is 3.47. The van der Waals surface area contributed by atoms with Crippen LogP contribution in [0.1, 0.15) is 46.0 Å². The number of hydrogen-bond acceptors (Lipinski definition) is 2. The maximum Gasteiger partial charge on any atom is 0.305 e. The molecule has 0 radical (unpaired) electrons. The van der Waals surface area contributed by atoms with Gasteiger partial charge in [0, 0.05) is 12.3 Å². The van der Waals surface area contributed by atoms with Crippen LogP contribution in [-0.2, 0) is 9.53 Å². The molecule has 0 amide bonds. The SMILES string of the molecule is C=CC(CC)COC(=O)CCCCC. The Labute approximate surface area is 87.3 Å². The molecule has 0 spiro atoms. The van der Waals surface area contributed by atoms with Gasteiger partial charge in [0.1, 0.15) is 0 Å². The molecule has 82 valence electrons. The van der Waals surface area contributed by atoms with E-state index >= 15 is 0 Å². The van der Waals surface area contributed by atoms with Crippen LogP contribution in [0.15, 0.2) is 12.7 Å². The molecule has 0 aromatic heterocycles. The fourth-order valence-corrected chi connectivity index (χ4v) is 1.14. The van der Waals surface area contributed by atoms with Crippen molar-refractivity contribution in [3.8, 4) is 0 Å². The molecule has 0 heterocycles. The minimum Gasteiger partial charge on any atom is -0.465 e. The van der Waals surface area contributed by atoms with Gasteiger partial charge in [0.25, 0.3) is 0 Å². The van der Waals surface area contributed by atoms with E-state index in [1.54, 1.807) is 0 Å². The van der Waals surface area contributed by atoms with E-state index in [2.05, 4.69) is 20.4 Å². The van der Waals surface area contributed by atoms with Crippen LogP contribution in [0.5, 0.6) is 0 Å². The molecule has 0 aromatic rings. The fourth-order valence-electron chi connectivity index (χ4n) is 1.14. The van der Waals surface area contributed by atoms with E-state index in [-0.39, 0.29) is 5.97 Å². The molecule has 2 nitrogen and oxygen atoms in total. The van der Waals surface area contributed by atoms with E-state index in [0.29, 0.717) is 18.9 Å². The standard InChI is InChI=1S/C12H22O2/c1-4-7-8-9-12(13)14-10-11(5-2)6-3/h5,11H,2,4,6-10H2,1,3H3. The van der Waals surface area contributed by atoms with Crippen molar-refractivity contribution >= 4 is 5.97 Å². The Kier molecular flexibility index (Phi) is 8.30. The van der Waals surface area contributed by atoms with Gasteiger partial charge in [-0.15, -0.1) is 6.58 Å². The summed E-state index contributed by atoms with van der Waals surface area (Å²) in [5.41, 5.74) is 0. The van der Waals surface area contributed by atoms with E-state index in [1.165, 1.54) is 0 Å². The second-order valence-corrected chi connectivity index (χ2v) is 3.54. The van der Waals surface area contributed by atoms with Gasteiger partial charge in [-0.3, -0.25) is 4.79 Å². The van der Waals surface area contributed by atoms with Crippen LogP contribution in [0.2, 0.25) is 0 Å². The van der Waals surface area contributed by atoms with Crippen LogP contribution < -0.4 is 0 Å². The average Bonchev–Trinajstić information content (AvgIpc) is 2.20. The van der Waals surface area contributed by atoms with E-state index in [4.69, 9.17) is 4.74 Å². The third-order valence-electron chi connectivity index (χ3n) is 2.30. The Morgan fingerprint density at radius 1 is 1.43 bits per heavy atom. The molecule has 0 rings (SSSR count). The second kappa shape index (κ2) is 8.79. The molecule has 2 heteroatoms. The zero-order chi connectivity index (χ0) is 10.8. The van der Waals surface area contributed by atoms with Crippen molar-refractivity contribution in [1.29, 1.82) is 0 Å². The minimum absolute atomic E-state index is 0.0706. The topological polar surface area (TPSA) is 26.3 Å². The first kappa shape index (κ1) is 13.2. The van der Waals surface area contributed by atoms with Crippen molar-refractivity contribution in [2.45, 2.75) is 46.0 Å². The maximum atomic E-state index is 11.2. The van der Waals surface area contributed by atoms with Gasteiger partial charge < -0.3 is 4.74 Å². The first-order valence-corrected chi connectivity index (χ1v) is 5.52. The van der Waals surface area contributed by atoms with E-state index < -0.39 is 0 Å². The maximum absolute atomic E-state index is 11.2. The lowest BCUT2D eigenvalue weighted by Crippen LogP contribution is -2.11. The fraction of sp³-hybridized carbons (Fsp3) is 0.750. The van der Waals surface area contributed by atoms with Crippen LogP contribution in [0, 0.1) is 5.92 Å². The van der Waals surface area contributed by atoms with Crippen LogP contribution in [0.4, 0.5) is 0 Å². The summed E-state index contributed by atoms with van der Waals surface area (Å²) in [4.78, 5) is 11.2. The van der Waals surface area contributed by atoms with Crippen LogP contribution >= 0.6 is 0 Å². The largest absolute Gasteiger partial charge is 0.465 e. The summed E-state index contributed by atoms with van der Waals surface area (Å²) in [5, 5.41) is 0. The van der Waals surface area contributed by atoms with Crippen LogP contribution in [-0.4, -0.2) is 12.6 Å². The molecule has 0 saturated heterocycles. The molecule has 0 fully saturated rings. The number of carbonyl (C=O) groups excluding carboxylic acids is 1. The molecule has 0 N–H and O–H groups in total. The van der Waals surface area contributed by atoms with Gasteiger partial charge in [0.05, 0.1) is 6.61 Å². The third-order valence-corrected chi connectivity index (χ3v) is 2.30. The number of hydrogen-bond donors (Lipinski definition) is 0. The highest BCUT2D eigenvalue weighted by molar-refractivity contribution is 5.69. The monoisotopic (exact) mass is 198 g/mol. The normalized spacial score (nSPS) is 12.1. The highest BCUT2D eigenvalue weighted by Gasteiger charge is 2.06. The van der Waals surface area contributed by atoms with Crippen LogP contribution in [0.3, 0.4) is 0 Å². The summed E-state index contributed by atoms with van der Waals surface area (Å²) in [6.07, 6.45) is 6.57. The molecule has 1 unspecified atom stereocenters. The van der Waals surface area contributed by atoms with E-state index in [1.807, 2.05) is 6.08 Å². The van der Waals surface area contributed by atoms with E-state index in [0.717, 1.165) is 25.7 Å². The van der Waals surface area contributed by atoms with Crippen molar-refractivity contribution < 1.29 is 9.53 Å². The molecule has 0 saturated carbocycles. The van der Waals surface area contributed by atoms with Crippen molar-refractivity contribution in [3.63, 3.8) is 0 Å². The Morgan fingerprint density at radius 2 is 2.14 bits per heavy atom. The number of ether oxygens (including phenoxy) is 1. The third kappa shape index (κ3) is 6.70. The Morgan fingerprint density at radius 3 is 2.64 bits per heavy atom. The molecule has 0 bridgehead atoms. The minimum atomic E-state index is -0.0706. The first-order valence-electron chi connectivity index (χ1n) is 5.52. The highest BCUT2D eigenvalue weighted by Crippen LogP contribution is 2.06. The number of carbonyl (C=O) groups is 1. The van der Waals surface area contributed by atoms with Crippen LogP contribution in [0.25, 0.3) is 0 Å². The summed E-state index contributed by atoms with van der Waals surface area (Å²) in [7, 11) is 0. The van der Waals surface area contributed by atoms with Crippen molar-refractivity contribution in [2.75, 3.05) is 6.61 Å². The van der Waals surface area contributed by atoms with Crippen molar-refractivity contribution in [1.82, 2.24) is 0 Å². The molecular weight excluding hydrogens is 176 g/mol. The zero-order valence-electron chi connectivity index (χ0n) is 9.42. The molecule has 0 aromatic carbocycles. The Hall–Kier alpha value is -0.790. The second-order valence-electron chi connectivity index (χ2n) is 3.54. The molecule has 0 aliphatic heterocycles. The molecule has 14 heavy (non-hydrogen) atoms. The number of rotatable bonds is 8. The van der Waals surface area contributed by atoms with Gasteiger partial charge in [0.15, 0.2) is 0 Å². The molecule has 0 aliphatic rings. The van der Waals surface area contributed by atoms with Crippen molar-refractivity contribution in [2.24, 2.45) is 5.92 Å². The summed E-state index contributed by atoms with van der Waals surface area (Å²) < 4.78 is 5.12. The lowest BCUT2D eigenvalue weighted by molar-refractivity contribution is -0.144. The first-order chi connectivity index (χ1) is 6.74. The lowest BCUT2D eigenvalue weighted by Gasteiger charge is -2.10. The van der Waals surface area contributed by atoms with Gasteiger partial charge in [-0.2, -0.15) is 0 Å². The van der Waals surface area contributed by atoms with Gasteiger partial charge in [-0.1, -0.05) is 32.8 Å². The van der Waals surface area contributed by atoms with Gasteiger partial charge in [-0.25, -0.2) is 0 Å². The van der Waals surface area contributed by atoms with Gasteiger partial charge in [0.2, 0.25) is 0 Å². The Bertz CT molecular complexity index is 164. The lowest BCUT2D eigenvalue weighted by atomic mass is 10.1. The molecule has 1 atom stereocenters. The number of esters is 1. The van der Waals surface area contributed by atoms with Crippen molar-refractivity contribution in [3.05, 3.63) is 12.7 Å². The smallest absolute Gasteiger partial charge is 0.305 e. The predicted octanol–water partition coefficient (Wildman–Crippen LogP) is 3.32. The zero-order valence-corrected chi connectivity index (χ0v) is 9.42. The quantitative estimate of drug-likeness (QED) is 0.340. The van der Waals surface area contributed by atoms with Gasteiger partial charge in [-0.05, 0) is 12.8 Å². The summed E-state index contributed by atoms with van der Waals surface area (Å²) in [5.74, 6) is 0.240. The summed E-state index contributed by atoms with van der Waals surface area (Å²) >= 11 is 0. The molecular formula is C12H22O2. The number of unbranched alkanes of at least 4 members (excludes halogenated alkanes) is 2. The highest BCUT2D eigenvalue weighted by atomic mass is 16.5. The molecule has 0 aliphatic carbocycles. The summed E-state index contributed by atoms with van der Waals surface area (Å²) in [6, 6.07) is 0. The summed E-state index contributed by atoms with van der Waals surface area (Å²) in [6.45, 7) is 8.37. The predicted molar refractivity (Wildman–Crippen MR) is 59.1 cm³/mol. The average molecular weight is 198 g/mol. The van der Waals surface area contributed by atoms with E-state index in [9.17, 15) is 4.79 Å². The van der Waals surface area contributed by atoms with Gasteiger partial charge >= 0.3 is 5.97 Å².